The number of guanidine groups is 1. The van der Waals surface area contributed by atoms with Crippen molar-refractivity contribution in [2.45, 2.75) is 65.1 Å². The number of likely N-dealkylation sites (tertiary alicyclic amines) is 1. The van der Waals surface area contributed by atoms with E-state index in [1.165, 1.54) is 12.5 Å². The molecule has 1 fully saturated rings. The van der Waals surface area contributed by atoms with Crippen molar-refractivity contribution in [1.82, 2.24) is 15.5 Å². The highest BCUT2D eigenvalue weighted by molar-refractivity contribution is 5.81. The fraction of sp³-hybridized carbons (Fsp3) is 0.636. The Hall–Kier alpha value is -2.58. The lowest BCUT2D eigenvalue weighted by Crippen LogP contribution is -2.44. The van der Waals surface area contributed by atoms with Crippen LogP contribution in [0.25, 0.3) is 0 Å². The van der Waals surface area contributed by atoms with Crippen LogP contribution in [-0.4, -0.2) is 56.2 Å². The van der Waals surface area contributed by atoms with Crippen molar-refractivity contribution >= 4 is 11.9 Å². The fourth-order valence-corrected chi connectivity index (χ4v) is 3.50. The quantitative estimate of drug-likeness (QED) is 0.430. The number of ether oxygens (including phenoxy) is 2. The first-order chi connectivity index (χ1) is 14.9. The highest BCUT2D eigenvalue weighted by Gasteiger charge is 2.22. The zero-order valence-electron chi connectivity index (χ0n) is 18.6. The monoisotopic (exact) mass is 440 g/mol. The average Bonchev–Trinajstić information content (AvgIpc) is 2.75. The SMILES string of the molecule is CCCOc1ccc(CNC(=NC)NCCC(=O)N2CCCCC2C)c(OC(F)F)c1. The first kappa shape index (κ1) is 24.7. The number of hydrogen-bond acceptors (Lipinski definition) is 4. The minimum absolute atomic E-state index is 0.0563. The Labute approximate surface area is 183 Å². The van der Waals surface area contributed by atoms with Crippen LogP contribution in [0.5, 0.6) is 11.5 Å². The normalized spacial score (nSPS) is 16.9. The molecule has 1 unspecified atom stereocenters. The van der Waals surface area contributed by atoms with Crippen molar-refractivity contribution in [2.75, 3.05) is 26.7 Å². The second-order valence-electron chi connectivity index (χ2n) is 7.53. The second-order valence-corrected chi connectivity index (χ2v) is 7.53. The molecule has 0 aliphatic carbocycles. The lowest BCUT2D eigenvalue weighted by molar-refractivity contribution is -0.134. The molecule has 2 N–H and O–H groups in total. The second kappa shape index (κ2) is 13.0. The summed E-state index contributed by atoms with van der Waals surface area (Å²) in [6.45, 7) is 3.10. The van der Waals surface area contributed by atoms with Crippen molar-refractivity contribution in [2.24, 2.45) is 4.99 Å². The van der Waals surface area contributed by atoms with Gasteiger partial charge in [-0.05, 0) is 44.7 Å². The first-order valence-corrected chi connectivity index (χ1v) is 10.9. The maximum atomic E-state index is 12.8. The maximum Gasteiger partial charge on any atom is 0.387 e. The Balaban J connectivity index is 1.87. The minimum atomic E-state index is -2.93. The number of halogens is 2. The molecule has 1 aromatic rings. The molecule has 1 aliphatic heterocycles. The molecule has 1 atom stereocenters. The van der Waals surface area contributed by atoms with Crippen molar-refractivity contribution in [1.29, 1.82) is 0 Å². The molecular formula is C22H34F2N4O3. The van der Waals surface area contributed by atoms with E-state index in [2.05, 4.69) is 27.3 Å². The predicted octanol–water partition coefficient (Wildman–Crippen LogP) is 3.53. The molecule has 0 radical (unpaired) electrons. The largest absolute Gasteiger partial charge is 0.493 e. The van der Waals surface area contributed by atoms with E-state index >= 15 is 0 Å². The van der Waals surface area contributed by atoms with Gasteiger partial charge in [0, 0.05) is 50.8 Å². The van der Waals surface area contributed by atoms with Crippen LogP contribution in [-0.2, 0) is 11.3 Å². The van der Waals surface area contributed by atoms with Crippen LogP contribution in [0.15, 0.2) is 23.2 Å². The number of piperidine rings is 1. The molecule has 1 saturated heterocycles. The molecule has 0 saturated carbocycles. The van der Waals surface area contributed by atoms with Gasteiger partial charge in [-0.25, -0.2) is 0 Å². The summed E-state index contributed by atoms with van der Waals surface area (Å²) in [6.07, 6.45) is 4.46. The maximum absolute atomic E-state index is 12.8. The highest BCUT2D eigenvalue weighted by atomic mass is 19.3. The molecular weight excluding hydrogens is 406 g/mol. The van der Waals surface area contributed by atoms with Crippen LogP contribution in [0, 0.1) is 0 Å². The van der Waals surface area contributed by atoms with E-state index in [0.29, 0.717) is 36.8 Å². The van der Waals surface area contributed by atoms with Gasteiger partial charge in [0.15, 0.2) is 5.96 Å². The molecule has 31 heavy (non-hydrogen) atoms. The van der Waals surface area contributed by atoms with Crippen LogP contribution in [0.1, 0.15) is 51.5 Å². The highest BCUT2D eigenvalue weighted by Crippen LogP contribution is 2.26. The molecule has 0 aromatic heterocycles. The van der Waals surface area contributed by atoms with Gasteiger partial charge in [-0.15, -0.1) is 0 Å². The van der Waals surface area contributed by atoms with Gasteiger partial charge in [-0.2, -0.15) is 8.78 Å². The molecule has 174 valence electrons. The minimum Gasteiger partial charge on any atom is -0.493 e. The van der Waals surface area contributed by atoms with E-state index in [-0.39, 0.29) is 24.2 Å². The van der Waals surface area contributed by atoms with Crippen molar-refractivity contribution in [3.05, 3.63) is 23.8 Å². The summed E-state index contributed by atoms with van der Waals surface area (Å²) in [7, 11) is 1.61. The number of amides is 1. The summed E-state index contributed by atoms with van der Waals surface area (Å²) in [6, 6.07) is 5.16. The Morgan fingerprint density at radius 1 is 1.32 bits per heavy atom. The molecule has 9 heteroatoms. The van der Waals surface area contributed by atoms with Crippen molar-refractivity contribution in [3.63, 3.8) is 0 Å². The van der Waals surface area contributed by atoms with Gasteiger partial charge in [-0.1, -0.05) is 6.92 Å². The molecule has 1 aliphatic rings. The van der Waals surface area contributed by atoms with Crippen LogP contribution >= 0.6 is 0 Å². The van der Waals surface area contributed by atoms with Gasteiger partial charge in [0.25, 0.3) is 0 Å². The summed E-state index contributed by atoms with van der Waals surface area (Å²) in [4.78, 5) is 18.5. The number of aliphatic imine (C=N–C) groups is 1. The summed E-state index contributed by atoms with van der Waals surface area (Å²) in [5.74, 6) is 1.15. The number of rotatable bonds is 10. The first-order valence-electron chi connectivity index (χ1n) is 10.9. The number of carbonyl (C=O) groups is 1. The van der Waals surface area contributed by atoms with E-state index in [4.69, 9.17) is 4.74 Å². The standard InChI is InChI=1S/C22H34F2N4O3/c1-4-13-30-18-9-8-17(19(14-18)31-21(23)24)15-27-22(25-3)26-11-10-20(29)28-12-6-5-7-16(28)2/h8-9,14,16,21H,4-7,10-13,15H2,1-3H3,(H2,25,26,27). The third-order valence-electron chi connectivity index (χ3n) is 5.15. The van der Waals surface area contributed by atoms with E-state index in [1.54, 1.807) is 19.2 Å². The number of nitrogens with one attached hydrogen (secondary N) is 2. The van der Waals surface area contributed by atoms with E-state index in [0.717, 1.165) is 25.8 Å². The lowest BCUT2D eigenvalue weighted by atomic mass is 10.0. The molecule has 1 amide bonds. The summed E-state index contributed by atoms with van der Waals surface area (Å²) >= 11 is 0. The zero-order valence-corrected chi connectivity index (χ0v) is 18.6. The van der Waals surface area contributed by atoms with Crippen LogP contribution in [0.3, 0.4) is 0 Å². The fourth-order valence-electron chi connectivity index (χ4n) is 3.50. The van der Waals surface area contributed by atoms with Gasteiger partial charge in [-0.3, -0.25) is 9.79 Å². The number of hydrogen-bond donors (Lipinski definition) is 2. The number of benzene rings is 1. The van der Waals surface area contributed by atoms with E-state index in [1.807, 2.05) is 11.8 Å². The lowest BCUT2D eigenvalue weighted by Gasteiger charge is -2.33. The predicted molar refractivity (Wildman–Crippen MR) is 117 cm³/mol. The number of carbonyl (C=O) groups excluding carboxylic acids is 1. The van der Waals surface area contributed by atoms with Crippen LogP contribution < -0.4 is 20.1 Å². The summed E-state index contributed by atoms with van der Waals surface area (Å²) in [5.41, 5.74) is 0.547. The van der Waals surface area contributed by atoms with Gasteiger partial charge in [0.05, 0.1) is 6.61 Å². The van der Waals surface area contributed by atoms with Gasteiger partial charge in [0.2, 0.25) is 5.91 Å². The third kappa shape index (κ3) is 8.22. The third-order valence-corrected chi connectivity index (χ3v) is 5.15. The van der Waals surface area contributed by atoms with Gasteiger partial charge < -0.3 is 25.0 Å². The Morgan fingerprint density at radius 3 is 2.81 bits per heavy atom. The molecule has 2 rings (SSSR count). The molecule has 0 spiro atoms. The number of alkyl halides is 2. The summed E-state index contributed by atoms with van der Waals surface area (Å²) in [5, 5.41) is 6.17. The molecule has 7 nitrogen and oxygen atoms in total. The number of nitrogens with zero attached hydrogens (tertiary/aromatic N) is 2. The Kier molecular flexibility index (Phi) is 10.3. The summed E-state index contributed by atoms with van der Waals surface area (Å²) < 4.78 is 35.8. The van der Waals surface area contributed by atoms with E-state index < -0.39 is 6.61 Å². The van der Waals surface area contributed by atoms with Gasteiger partial charge in [0.1, 0.15) is 11.5 Å². The van der Waals surface area contributed by atoms with Gasteiger partial charge >= 0.3 is 6.61 Å². The van der Waals surface area contributed by atoms with Crippen LogP contribution in [0.2, 0.25) is 0 Å². The van der Waals surface area contributed by atoms with E-state index in [9.17, 15) is 13.6 Å². The molecule has 1 aromatic carbocycles. The van der Waals surface area contributed by atoms with Crippen molar-refractivity contribution < 1.29 is 23.0 Å². The smallest absolute Gasteiger partial charge is 0.387 e. The molecule has 0 bridgehead atoms. The average molecular weight is 441 g/mol. The van der Waals surface area contributed by atoms with Crippen molar-refractivity contribution in [3.8, 4) is 11.5 Å². The zero-order chi connectivity index (χ0) is 22.6. The topological polar surface area (TPSA) is 75.2 Å². The molecule has 1 heterocycles. The Morgan fingerprint density at radius 2 is 2.13 bits per heavy atom. The van der Waals surface area contributed by atoms with Crippen LogP contribution in [0.4, 0.5) is 8.78 Å². The Bertz CT molecular complexity index is 731.